The van der Waals surface area contributed by atoms with E-state index in [2.05, 4.69) is 4.90 Å². The second-order valence-electron chi connectivity index (χ2n) is 7.33. The molecule has 0 aliphatic rings. The molecule has 0 bridgehead atoms. The summed E-state index contributed by atoms with van der Waals surface area (Å²) in [6.07, 6.45) is 0.569. The summed E-state index contributed by atoms with van der Waals surface area (Å²) in [5, 5.41) is 0. The van der Waals surface area contributed by atoms with Crippen LogP contribution in [-0.2, 0) is 29.0 Å². The number of benzene rings is 3. The van der Waals surface area contributed by atoms with E-state index in [1.165, 1.54) is 7.11 Å². The molecule has 162 valence electrons. The van der Waals surface area contributed by atoms with Crippen molar-refractivity contribution in [3.63, 3.8) is 0 Å². The van der Waals surface area contributed by atoms with Crippen molar-refractivity contribution in [2.75, 3.05) is 21.3 Å². The first-order valence-corrected chi connectivity index (χ1v) is 10.2. The molecule has 3 aromatic carbocycles. The molecular formula is C26H29NO4. The van der Waals surface area contributed by atoms with Crippen LogP contribution < -0.4 is 9.47 Å². The summed E-state index contributed by atoms with van der Waals surface area (Å²) in [6.45, 7) is 1.20. The molecule has 0 aromatic heterocycles. The molecule has 0 radical (unpaired) electrons. The number of hydrogen-bond acceptors (Lipinski definition) is 5. The molecular weight excluding hydrogens is 390 g/mol. The lowest BCUT2D eigenvalue weighted by Gasteiger charge is -2.30. The highest BCUT2D eigenvalue weighted by atomic mass is 16.5. The highest BCUT2D eigenvalue weighted by Crippen LogP contribution is 2.21. The zero-order chi connectivity index (χ0) is 22.1. The Morgan fingerprint density at radius 1 is 0.710 bits per heavy atom. The van der Waals surface area contributed by atoms with Crippen LogP contribution >= 0.6 is 0 Å². The summed E-state index contributed by atoms with van der Waals surface area (Å²) in [6, 6.07) is 25.4. The Bertz CT molecular complexity index is 890. The molecule has 3 aromatic rings. The van der Waals surface area contributed by atoms with Gasteiger partial charge < -0.3 is 14.2 Å². The molecule has 0 amide bonds. The Morgan fingerprint density at radius 2 is 1.19 bits per heavy atom. The van der Waals surface area contributed by atoms with Crippen LogP contribution in [0, 0.1) is 0 Å². The molecule has 1 atom stereocenters. The maximum absolute atomic E-state index is 12.8. The molecule has 0 aliphatic carbocycles. The summed E-state index contributed by atoms with van der Waals surface area (Å²) in [7, 11) is 4.75. The van der Waals surface area contributed by atoms with Crippen molar-refractivity contribution < 1.29 is 19.0 Å². The zero-order valence-corrected chi connectivity index (χ0v) is 18.3. The van der Waals surface area contributed by atoms with Crippen molar-refractivity contribution in [3.05, 3.63) is 95.6 Å². The van der Waals surface area contributed by atoms with Gasteiger partial charge in [-0.25, -0.2) is 0 Å². The molecule has 5 nitrogen and oxygen atoms in total. The first kappa shape index (κ1) is 22.4. The first-order valence-electron chi connectivity index (χ1n) is 10.2. The van der Waals surface area contributed by atoms with E-state index in [0.717, 1.165) is 28.2 Å². The molecule has 0 N–H and O–H groups in total. The van der Waals surface area contributed by atoms with E-state index in [0.29, 0.717) is 19.5 Å². The van der Waals surface area contributed by atoms with Crippen LogP contribution in [-0.4, -0.2) is 38.2 Å². The summed E-state index contributed by atoms with van der Waals surface area (Å²) >= 11 is 0. The fraction of sp³-hybridized carbons (Fsp3) is 0.269. The predicted molar refractivity (Wildman–Crippen MR) is 121 cm³/mol. The van der Waals surface area contributed by atoms with Crippen molar-refractivity contribution in [2.24, 2.45) is 0 Å². The standard InChI is InChI=1S/C26H29NO4/c1-29-23-13-9-21(10-14-23)18-27(19-22-11-15-24(30-2)16-12-22)25(26(28)31-3)17-20-7-5-4-6-8-20/h4-16,25H,17-19H2,1-3H3/t25-/m0/s1. The second kappa shape index (κ2) is 11.2. The molecule has 0 spiro atoms. The maximum Gasteiger partial charge on any atom is 0.323 e. The van der Waals surface area contributed by atoms with Gasteiger partial charge >= 0.3 is 5.97 Å². The van der Waals surface area contributed by atoms with Gasteiger partial charge in [-0.05, 0) is 47.4 Å². The zero-order valence-electron chi connectivity index (χ0n) is 18.3. The van der Waals surface area contributed by atoms with Crippen LogP contribution in [0.25, 0.3) is 0 Å². The third-order valence-electron chi connectivity index (χ3n) is 5.28. The van der Waals surface area contributed by atoms with Gasteiger partial charge in [-0.1, -0.05) is 54.6 Å². The van der Waals surface area contributed by atoms with Gasteiger partial charge in [-0.15, -0.1) is 0 Å². The maximum atomic E-state index is 12.8. The number of ether oxygens (including phenoxy) is 3. The van der Waals surface area contributed by atoms with Crippen LogP contribution in [0.1, 0.15) is 16.7 Å². The molecule has 5 heteroatoms. The third kappa shape index (κ3) is 6.33. The fourth-order valence-corrected chi connectivity index (χ4v) is 3.54. The van der Waals surface area contributed by atoms with Gasteiger partial charge in [-0.3, -0.25) is 9.69 Å². The van der Waals surface area contributed by atoms with Crippen molar-refractivity contribution in [2.45, 2.75) is 25.6 Å². The van der Waals surface area contributed by atoms with E-state index in [4.69, 9.17) is 14.2 Å². The van der Waals surface area contributed by atoms with Gasteiger partial charge in [0, 0.05) is 13.1 Å². The van der Waals surface area contributed by atoms with Crippen LogP contribution in [0.3, 0.4) is 0 Å². The number of carbonyl (C=O) groups excluding carboxylic acids is 1. The average molecular weight is 420 g/mol. The highest BCUT2D eigenvalue weighted by Gasteiger charge is 2.27. The number of carbonyl (C=O) groups is 1. The van der Waals surface area contributed by atoms with Crippen molar-refractivity contribution >= 4 is 5.97 Å². The first-order chi connectivity index (χ1) is 15.1. The third-order valence-corrected chi connectivity index (χ3v) is 5.28. The van der Waals surface area contributed by atoms with Crippen molar-refractivity contribution in [3.8, 4) is 11.5 Å². The molecule has 0 saturated carbocycles. The normalized spacial score (nSPS) is 11.7. The lowest BCUT2D eigenvalue weighted by molar-refractivity contribution is -0.147. The van der Waals surface area contributed by atoms with Gasteiger partial charge in [0.05, 0.1) is 21.3 Å². The van der Waals surface area contributed by atoms with E-state index in [1.807, 2.05) is 78.9 Å². The number of esters is 1. The Labute approximate surface area is 184 Å². The minimum atomic E-state index is -0.420. The van der Waals surface area contributed by atoms with Gasteiger partial charge in [0.15, 0.2) is 0 Å². The largest absolute Gasteiger partial charge is 0.497 e. The molecule has 0 heterocycles. The highest BCUT2D eigenvalue weighted by molar-refractivity contribution is 5.76. The Balaban J connectivity index is 1.90. The minimum absolute atomic E-state index is 0.245. The quantitative estimate of drug-likeness (QED) is 0.453. The Morgan fingerprint density at radius 3 is 1.61 bits per heavy atom. The van der Waals surface area contributed by atoms with Crippen molar-refractivity contribution in [1.82, 2.24) is 4.90 Å². The van der Waals surface area contributed by atoms with E-state index in [1.54, 1.807) is 14.2 Å². The second-order valence-corrected chi connectivity index (χ2v) is 7.33. The number of nitrogens with zero attached hydrogens (tertiary/aromatic N) is 1. The summed E-state index contributed by atoms with van der Waals surface area (Å²) in [5.41, 5.74) is 3.28. The average Bonchev–Trinajstić information content (AvgIpc) is 2.83. The molecule has 31 heavy (non-hydrogen) atoms. The topological polar surface area (TPSA) is 48.0 Å². The summed E-state index contributed by atoms with van der Waals surface area (Å²) in [5.74, 6) is 1.37. The molecule has 0 aliphatic heterocycles. The predicted octanol–water partition coefficient (Wildman–Crippen LogP) is 4.49. The Kier molecular flexibility index (Phi) is 8.07. The van der Waals surface area contributed by atoms with Gasteiger partial charge in [-0.2, -0.15) is 0 Å². The van der Waals surface area contributed by atoms with E-state index in [-0.39, 0.29) is 5.97 Å². The van der Waals surface area contributed by atoms with Gasteiger partial charge in [0.25, 0.3) is 0 Å². The minimum Gasteiger partial charge on any atom is -0.497 e. The summed E-state index contributed by atoms with van der Waals surface area (Å²) < 4.78 is 15.7. The van der Waals surface area contributed by atoms with Gasteiger partial charge in [0.1, 0.15) is 17.5 Å². The number of rotatable bonds is 10. The van der Waals surface area contributed by atoms with Crippen LogP contribution in [0.4, 0.5) is 0 Å². The Hall–Kier alpha value is -3.31. The van der Waals surface area contributed by atoms with E-state index >= 15 is 0 Å². The van der Waals surface area contributed by atoms with Crippen LogP contribution in [0.15, 0.2) is 78.9 Å². The van der Waals surface area contributed by atoms with Crippen molar-refractivity contribution in [1.29, 1.82) is 0 Å². The smallest absolute Gasteiger partial charge is 0.323 e. The number of hydrogen-bond donors (Lipinski definition) is 0. The van der Waals surface area contributed by atoms with E-state index in [9.17, 15) is 4.79 Å². The van der Waals surface area contributed by atoms with E-state index < -0.39 is 6.04 Å². The van der Waals surface area contributed by atoms with Gasteiger partial charge in [0.2, 0.25) is 0 Å². The monoisotopic (exact) mass is 419 g/mol. The lowest BCUT2D eigenvalue weighted by atomic mass is 10.0. The van der Waals surface area contributed by atoms with Crippen LogP contribution in [0.5, 0.6) is 11.5 Å². The lowest BCUT2D eigenvalue weighted by Crippen LogP contribution is -2.42. The molecule has 0 saturated heterocycles. The van der Waals surface area contributed by atoms with Crippen LogP contribution in [0.2, 0.25) is 0 Å². The number of methoxy groups -OCH3 is 3. The fourth-order valence-electron chi connectivity index (χ4n) is 3.54. The SMILES string of the molecule is COC(=O)[C@H](Cc1ccccc1)N(Cc1ccc(OC)cc1)Cc1ccc(OC)cc1. The molecule has 3 rings (SSSR count). The molecule has 0 fully saturated rings. The summed E-state index contributed by atoms with van der Waals surface area (Å²) in [4.78, 5) is 15.0. The molecule has 0 unspecified atom stereocenters.